The van der Waals surface area contributed by atoms with Crippen molar-refractivity contribution in [2.45, 2.75) is 0 Å². The second kappa shape index (κ2) is 5.05. The molecule has 0 bridgehead atoms. The van der Waals surface area contributed by atoms with Gasteiger partial charge in [-0.15, -0.1) is 0 Å². The third kappa shape index (κ3) is 2.26. The second-order valence-corrected chi connectivity index (χ2v) is 5.35. The molecule has 3 rings (SSSR count). The summed E-state index contributed by atoms with van der Waals surface area (Å²) in [5.74, 6) is -0.285. The SMILES string of the molecule is O=C(c1ccc(Cl)cc1)n1c(=S)oc2ccc(Cl)cc21. The molecule has 3 nitrogen and oxygen atoms in total. The molecule has 0 atom stereocenters. The highest BCUT2D eigenvalue weighted by Gasteiger charge is 2.16. The molecule has 0 saturated heterocycles. The predicted octanol–water partition coefficient (Wildman–Crippen LogP) is 4.96. The first-order chi connectivity index (χ1) is 9.56. The Labute approximate surface area is 129 Å². The third-order valence-corrected chi connectivity index (χ3v) is 3.59. The Morgan fingerprint density at radius 1 is 1.05 bits per heavy atom. The number of hydrogen-bond acceptors (Lipinski definition) is 3. The molecule has 0 aliphatic carbocycles. The van der Waals surface area contributed by atoms with Crippen LogP contribution in [-0.4, -0.2) is 10.5 Å². The van der Waals surface area contributed by atoms with Gasteiger partial charge in [-0.1, -0.05) is 23.2 Å². The van der Waals surface area contributed by atoms with E-state index in [0.717, 1.165) is 0 Å². The average Bonchev–Trinajstić information content (AvgIpc) is 2.74. The summed E-state index contributed by atoms with van der Waals surface area (Å²) in [7, 11) is 0. The van der Waals surface area contributed by atoms with Crippen LogP contribution in [0.2, 0.25) is 10.0 Å². The number of oxazole rings is 1. The lowest BCUT2D eigenvalue weighted by molar-refractivity contribution is 0.0959. The Hall–Kier alpha value is -1.62. The molecule has 0 fully saturated rings. The lowest BCUT2D eigenvalue weighted by atomic mass is 10.2. The smallest absolute Gasteiger partial charge is 0.276 e. The third-order valence-electron chi connectivity index (χ3n) is 2.84. The van der Waals surface area contributed by atoms with Crippen molar-refractivity contribution in [2.24, 2.45) is 0 Å². The minimum atomic E-state index is -0.285. The number of carbonyl (C=O) groups excluding carboxylic acids is 1. The van der Waals surface area contributed by atoms with Crippen molar-refractivity contribution >= 4 is 52.4 Å². The molecule has 3 aromatic rings. The average molecular weight is 324 g/mol. The minimum absolute atomic E-state index is 0.0854. The number of fused-ring (bicyclic) bond motifs is 1. The molecule has 100 valence electrons. The first kappa shape index (κ1) is 13.4. The molecule has 0 radical (unpaired) electrons. The number of hydrogen-bond donors (Lipinski definition) is 0. The molecule has 0 N–H and O–H groups in total. The van der Waals surface area contributed by atoms with E-state index in [1.807, 2.05) is 0 Å². The van der Waals surface area contributed by atoms with Crippen LogP contribution in [0.3, 0.4) is 0 Å². The normalized spacial score (nSPS) is 10.9. The molecule has 0 aliphatic heterocycles. The largest absolute Gasteiger partial charge is 0.429 e. The van der Waals surface area contributed by atoms with Crippen LogP contribution in [0.25, 0.3) is 11.1 Å². The van der Waals surface area contributed by atoms with E-state index in [0.29, 0.717) is 26.7 Å². The quantitative estimate of drug-likeness (QED) is 0.594. The van der Waals surface area contributed by atoms with Gasteiger partial charge in [0.1, 0.15) is 0 Å². The maximum Gasteiger partial charge on any atom is 0.276 e. The van der Waals surface area contributed by atoms with E-state index >= 15 is 0 Å². The Bertz CT molecular complexity index is 865. The number of rotatable bonds is 1. The van der Waals surface area contributed by atoms with E-state index in [1.54, 1.807) is 42.5 Å². The molecule has 0 unspecified atom stereocenters. The van der Waals surface area contributed by atoms with E-state index in [1.165, 1.54) is 4.57 Å². The van der Waals surface area contributed by atoms with Crippen LogP contribution in [0, 0.1) is 4.84 Å². The monoisotopic (exact) mass is 323 g/mol. The summed E-state index contributed by atoms with van der Waals surface area (Å²) in [4.78, 5) is 12.6. The van der Waals surface area contributed by atoms with E-state index in [-0.39, 0.29) is 10.7 Å². The van der Waals surface area contributed by atoms with E-state index in [2.05, 4.69) is 0 Å². The highest BCUT2D eigenvalue weighted by molar-refractivity contribution is 7.71. The van der Waals surface area contributed by atoms with Gasteiger partial charge in [-0.2, -0.15) is 0 Å². The van der Waals surface area contributed by atoms with Gasteiger partial charge in [0.15, 0.2) is 5.58 Å². The summed E-state index contributed by atoms with van der Waals surface area (Å²) in [6, 6.07) is 11.6. The Morgan fingerprint density at radius 2 is 1.70 bits per heavy atom. The molecule has 6 heteroatoms. The molecule has 0 aliphatic rings. The van der Waals surface area contributed by atoms with Crippen LogP contribution >= 0.6 is 35.4 Å². The summed E-state index contributed by atoms with van der Waals surface area (Å²) in [6.07, 6.45) is 0. The molecule has 0 amide bonds. The fraction of sp³-hybridized carbons (Fsp3) is 0. The van der Waals surface area contributed by atoms with Gasteiger partial charge in [-0.25, -0.2) is 4.57 Å². The summed E-state index contributed by atoms with van der Waals surface area (Å²) in [5, 5.41) is 1.07. The summed E-state index contributed by atoms with van der Waals surface area (Å²) in [6.45, 7) is 0. The van der Waals surface area contributed by atoms with Crippen LogP contribution in [0.15, 0.2) is 46.9 Å². The number of benzene rings is 2. The highest BCUT2D eigenvalue weighted by Crippen LogP contribution is 2.23. The van der Waals surface area contributed by atoms with Crippen molar-refractivity contribution in [2.75, 3.05) is 0 Å². The van der Waals surface area contributed by atoms with Crippen molar-refractivity contribution in [3.63, 3.8) is 0 Å². The van der Waals surface area contributed by atoms with Crippen molar-refractivity contribution < 1.29 is 9.21 Å². The first-order valence-electron chi connectivity index (χ1n) is 5.67. The van der Waals surface area contributed by atoms with Gasteiger partial charge in [0.05, 0.1) is 5.52 Å². The lowest BCUT2D eigenvalue weighted by Gasteiger charge is -2.02. The number of nitrogens with zero attached hydrogens (tertiary/aromatic N) is 1. The fourth-order valence-electron chi connectivity index (χ4n) is 1.90. The molecule has 2 aromatic carbocycles. The number of aromatic nitrogens is 1. The number of carbonyl (C=O) groups is 1. The van der Waals surface area contributed by atoms with Gasteiger partial charge in [-0.05, 0) is 54.7 Å². The van der Waals surface area contributed by atoms with Gasteiger partial charge in [0, 0.05) is 15.6 Å². The molecule has 0 spiro atoms. The predicted molar refractivity (Wildman–Crippen MR) is 81.2 cm³/mol. The van der Waals surface area contributed by atoms with Crippen molar-refractivity contribution in [1.82, 2.24) is 4.57 Å². The Kier molecular flexibility index (Phi) is 3.38. The van der Waals surface area contributed by atoms with Gasteiger partial charge < -0.3 is 4.42 Å². The van der Waals surface area contributed by atoms with Crippen molar-refractivity contribution in [3.8, 4) is 0 Å². The molecule has 0 saturated carbocycles. The Morgan fingerprint density at radius 3 is 2.40 bits per heavy atom. The van der Waals surface area contributed by atoms with Gasteiger partial charge in [0.2, 0.25) is 0 Å². The first-order valence-corrected chi connectivity index (χ1v) is 6.84. The van der Waals surface area contributed by atoms with Crippen LogP contribution in [0.4, 0.5) is 0 Å². The zero-order valence-electron chi connectivity index (χ0n) is 9.97. The zero-order chi connectivity index (χ0) is 14.3. The van der Waals surface area contributed by atoms with E-state index in [4.69, 9.17) is 39.8 Å². The van der Waals surface area contributed by atoms with E-state index in [9.17, 15) is 4.79 Å². The standard InChI is InChI=1S/C14H7Cl2NO2S/c15-9-3-1-8(2-4-9)13(18)17-11-7-10(16)5-6-12(11)19-14(17)20/h1-7H. The molecular formula is C14H7Cl2NO2S. The van der Waals surface area contributed by atoms with Gasteiger partial charge in [-0.3, -0.25) is 4.79 Å². The Balaban J connectivity index is 2.21. The van der Waals surface area contributed by atoms with Crippen LogP contribution in [0.1, 0.15) is 10.4 Å². The van der Waals surface area contributed by atoms with E-state index < -0.39 is 0 Å². The molecule has 1 heterocycles. The van der Waals surface area contributed by atoms with Gasteiger partial charge in [0.25, 0.3) is 10.7 Å². The van der Waals surface area contributed by atoms with Crippen molar-refractivity contribution in [1.29, 1.82) is 0 Å². The topological polar surface area (TPSA) is 35.1 Å². The molecule has 1 aromatic heterocycles. The van der Waals surface area contributed by atoms with Crippen LogP contribution in [0.5, 0.6) is 0 Å². The van der Waals surface area contributed by atoms with Crippen LogP contribution in [-0.2, 0) is 0 Å². The zero-order valence-corrected chi connectivity index (χ0v) is 12.3. The second-order valence-electron chi connectivity index (χ2n) is 4.13. The summed E-state index contributed by atoms with van der Waals surface area (Å²) < 4.78 is 6.71. The minimum Gasteiger partial charge on any atom is -0.429 e. The molecular weight excluding hydrogens is 317 g/mol. The summed E-state index contributed by atoms with van der Waals surface area (Å²) in [5.41, 5.74) is 1.53. The van der Waals surface area contributed by atoms with Gasteiger partial charge >= 0.3 is 0 Å². The van der Waals surface area contributed by atoms with Crippen molar-refractivity contribution in [3.05, 3.63) is 62.9 Å². The maximum absolute atomic E-state index is 12.5. The summed E-state index contributed by atoms with van der Waals surface area (Å²) >= 11 is 16.9. The number of halogens is 2. The highest BCUT2D eigenvalue weighted by atomic mass is 35.5. The van der Waals surface area contributed by atoms with Crippen LogP contribution < -0.4 is 0 Å². The maximum atomic E-state index is 12.5. The molecule has 20 heavy (non-hydrogen) atoms. The lowest BCUT2D eigenvalue weighted by Crippen LogP contribution is -2.11. The fourth-order valence-corrected chi connectivity index (χ4v) is 2.47.